The Labute approximate surface area is 394 Å². The largest absolute Gasteiger partial charge is 0.598 e. The number of hydrogen-bond acceptors (Lipinski definition) is 3. The Morgan fingerprint density at radius 3 is 1.33 bits per heavy atom. The van der Waals surface area contributed by atoms with Gasteiger partial charge in [-0.25, -0.2) is 4.99 Å². The summed E-state index contributed by atoms with van der Waals surface area (Å²) < 4.78 is 101. The van der Waals surface area contributed by atoms with Crippen molar-refractivity contribution in [2.24, 2.45) is 4.99 Å². The zero-order valence-corrected chi connectivity index (χ0v) is 41.4. The van der Waals surface area contributed by atoms with Crippen LogP contribution in [0.25, 0.3) is 34.0 Å². The van der Waals surface area contributed by atoms with Gasteiger partial charge in [0.15, 0.2) is 0 Å². The first-order valence-corrected chi connectivity index (χ1v) is 23.0. The second-order valence-electron chi connectivity index (χ2n) is 21.9. The quantitative estimate of drug-likeness (QED) is 0.0977. The summed E-state index contributed by atoms with van der Waals surface area (Å²) in [6.07, 6.45) is -12.6. The van der Waals surface area contributed by atoms with E-state index in [0.29, 0.717) is 33.8 Å². The summed E-state index contributed by atoms with van der Waals surface area (Å²) in [7, 11) is -2.21. The van der Waals surface area contributed by atoms with Gasteiger partial charge in [-0.15, -0.1) is 0 Å². The van der Waals surface area contributed by atoms with E-state index < -0.39 is 31.8 Å². The summed E-state index contributed by atoms with van der Waals surface area (Å²) >= 11 is 0. The molecule has 1 unspecified atom stereocenters. The highest BCUT2D eigenvalue weighted by Gasteiger charge is 2.60. The molecule has 0 radical (unpaired) electrons. The van der Waals surface area contributed by atoms with Gasteiger partial charge in [0.25, 0.3) is 0 Å². The van der Waals surface area contributed by atoms with Crippen LogP contribution in [0.5, 0.6) is 0 Å². The molecule has 1 atom stereocenters. The summed E-state index contributed by atoms with van der Waals surface area (Å²) in [6.45, 7) is 28.6. The summed E-state index contributed by atoms with van der Waals surface area (Å²) in [5.74, 6) is 0. The Morgan fingerprint density at radius 2 is 0.940 bits per heavy atom. The van der Waals surface area contributed by atoms with Crippen molar-refractivity contribution < 1.29 is 35.7 Å². The van der Waals surface area contributed by atoms with Gasteiger partial charge in [0.05, 0.1) is 11.4 Å². The van der Waals surface area contributed by atoms with E-state index in [4.69, 9.17) is 14.3 Å². The molecular formula is C56H65BF6N2O2. The van der Waals surface area contributed by atoms with Gasteiger partial charge in [0, 0.05) is 34.2 Å². The minimum Gasteiger partial charge on any atom is -0.389 e. The van der Waals surface area contributed by atoms with Crippen LogP contribution in [0.1, 0.15) is 142 Å². The molecule has 67 heavy (non-hydrogen) atoms. The number of rotatable bonds is 11. The lowest BCUT2D eigenvalue weighted by Gasteiger charge is -2.29. The fourth-order valence-corrected chi connectivity index (χ4v) is 7.91. The summed E-state index contributed by atoms with van der Waals surface area (Å²) in [4.78, 5) is 5.22. The average molecular weight is 923 g/mol. The summed E-state index contributed by atoms with van der Waals surface area (Å²) in [5, 5.41) is 0. The van der Waals surface area contributed by atoms with Crippen molar-refractivity contribution in [3.63, 3.8) is 0 Å². The van der Waals surface area contributed by atoms with Crippen LogP contribution in [0.2, 0.25) is 0 Å². The van der Waals surface area contributed by atoms with Gasteiger partial charge in [-0.1, -0.05) is 187 Å². The van der Waals surface area contributed by atoms with Gasteiger partial charge in [-0.3, -0.25) is 0 Å². The van der Waals surface area contributed by atoms with E-state index >= 15 is 0 Å². The van der Waals surface area contributed by atoms with Gasteiger partial charge < -0.3 is 13.8 Å². The molecule has 0 fully saturated rings. The number of aliphatic imine (C=N–C) groups is 1. The Kier molecular flexibility index (Phi) is 14.4. The zero-order chi connectivity index (χ0) is 49.7. The van der Waals surface area contributed by atoms with Gasteiger partial charge in [-0.05, 0) is 92.2 Å². The standard InChI is InChI=1S/C56H65BF6N2O2/c1-15-35(2)66-57(67-50(55(58,59)60)56(61,62)63)65-48(39-22-30-43(31-23-39)54(12,13)14)33-45(37-18-26-41(27-19-37)52(6,7)8)49(65)34-47-44(36-16-24-40(25-17-36)51(3,4)5)32-46(64-47)38-20-28-42(29-21-38)53(9,10)11/h16-35,50H,15H2,1-14H3/b47-34-. The van der Waals surface area contributed by atoms with Crippen molar-refractivity contribution in [3.05, 3.63) is 154 Å². The second-order valence-corrected chi connectivity index (χ2v) is 21.9. The third-order valence-corrected chi connectivity index (χ3v) is 12.3. The molecule has 2 heterocycles. The van der Waals surface area contributed by atoms with Crippen LogP contribution in [-0.4, -0.2) is 42.0 Å². The van der Waals surface area contributed by atoms with E-state index in [0.717, 1.165) is 39.0 Å². The molecule has 1 aliphatic heterocycles. The van der Waals surface area contributed by atoms with Crippen LogP contribution < -0.4 is 0 Å². The van der Waals surface area contributed by atoms with Crippen molar-refractivity contribution in [3.8, 4) is 22.4 Å². The van der Waals surface area contributed by atoms with E-state index in [1.165, 1.54) is 4.48 Å². The van der Waals surface area contributed by atoms with Crippen molar-refractivity contribution >= 4 is 24.6 Å². The topological polar surface area (TPSA) is 35.8 Å². The Hall–Kier alpha value is -5.13. The average Bonchev–Trinajstić information content (AvgIpc) is 3.82. The molecule has 0 amide bonds. The van der Waals surface area contributed by atoms with Gasteiger partial charge in [-0.2, -0.15) is 26.3 Å². The highest BCUT2D eigenvalue weighted by Crippen LogP contribution is 2.43. The number of hydrogen-bond donors (Lipinski definition) is 0. The first-order chi connectivity index (χ1) is 30.9. The highest BCUT2D eigenvalue weighted by molar-refractivity contribution is 6.44. The van der Waals surface area contributed by atoms with Gasteiger partial charge >= 0.3 is 19.6 Å². The molecule has 0 spiro atoms. The highest BCUT2D eigenvalue weighted by atomic mass is 19.4. The number of halogens is 6. The third-order valence-electron chi connectivity index (χ3n) is 12.3. The predicted octanol–water partition coefficient (Wildman–Crippen LogP) is 16.1. The second kappa shape index (κ2) is 18.8. The van der Waals surface area contributed by atoms with Crippen molar-refractivity contribution in [2.75, 3.05) is 0 Å². The van der Waals surface area contributed by atoms with Crippen LogP contribution in [0.4, 0.5) is 26.3 Å². The van der Waals surface area contributed by atoms with Gasteiger partial charge in [0.2, 0.25) is 6.10 Å². The van der Waals surface area contributed by atoms with E-state index in [2.05, 4.69) is 107 Å². The molecule has 0 saturated heterocycles. The van der Waals surface area contributed by atoms with E-state index in [9.17, 15) is 26.3 Å². The maximum Gasteiger partial charge on any atom is 0.598 e. The Balaban J connectivity index is 1.73. The molecule has 5 aromatic rings. The van der Waals surface area contributed by atoms with E-state index in [1.807, 2.05) is 78.9 Å². The molecule has 1 aliphatic rings. The van der Waals surface area contributed by atoms with E-state index in [1.54, 1.807) is 26.0 Å². The van der Waals surface area contributed by atoms with Crippen molar-refractivity contribution in [1.82, 2.24) is 4.48 Å². The van der Waals surface area contributed by atoms with Crippen LogP contribution in [-0.2, 0) is 31.0 Å². The number of alkyl halides is 6. The summed E-state index contributed by atoms with van der Waals surface area (Å²) in [6, 6.07) is 33.5. The number of allylic oxidation sites excluding steroid dienone is 2. The lowest BCUT2D eigenvalue weighted by Crippen LogP contribution is -2.51. The van der Waals surface area contributed by atoms with Crippen molar-refractivity contribution in [1.29, 1.82) is 0 Å². The summed E-state index contributed by atoms with van der Waals surface area (Å²) in [5.41, 5.74) is 9.36. The predicted molar refractivity (Wildman–Crippen MR) is 264 cm³/mol. The molecular weight excluding hydrogens is 857 g/mol. The fourth-order valence-electron chi connectivity index (χ4n) is 7.91. The van der Waals surface area contributed by atoms with E-state index in [-0.39, 0.29) is 33.8 Å². The molecule has 6 rings (SSSR count). The maximum atomic E-state index is 14.6. The molecule has 4 nitrogen and oxygen atoms in total. The fraction of sp³-hybridized carbons (Fsp3) is 0.411. The third kappa shape index (κ3) is 12.0. The first-order valence-electron chi connectivity index (χ1n) is 23.0. The van der Waals surface area contributed by atoms with Crippen LogP contribution in [0, 0.1) is 0 Å². The Morgan fingerprint density at radius 1 is 0.552 bits per heavy atom. The monoisotopic (exact) mass is 923 g/mol. The maximum absolute atomic E-state index is 14.6. The Bertz CT molecular complexity index is 2590. The molecule has 1 aromatic heterocycles. The minimum atomic E-state index is -5.82. The zero-order valence-electron chi connectivity index (χ0n) is 41.4. The molecule has 4 aromatic carbocycles. The first kappa shape index (κ1) is 51.3. The number of benzene rings is 4. The van der Waals surface area contributed by atoms with Crippen LogP contribution >= 0.6 is 0 Å². The molecule has 356 valence electrons. The molecule has 0 aliphatic carbocycles. The molecule has 0 saturated carbocycles. The number of nitrogens with zero attached hydrogens (tertiary/aromatic N) is 2. The normalized spacial score (nSPS) is 15.3. The SMILES string of the molecule is CCC(C)OB(OC(C(F)(F)F)C(F)(F)F)n1c(-c2ccc(C(C)(C)C)cc2)cc(-c2ccc(C(C)(C)C)cc2)c1/C=C1\N=C(c2ccc(C(C)(C)C)cc2)C=C1c1ccc(C(C)(C)C)cc1. The van der Waals surface area contributed by atoms with Crippen LogP contribution in [0.15, 0.2) is 120 Å². The smallest absolute Gasteiger partial charge is 0.389 e. The lowest BCUT2D eigenvalue weighted by atomic mass is 9.85. The molecule has 0 bridgehead atoms. The van der Waals surface area contributed by atoms with Gasteiger partial charge in [0.1, 0.15) is 0 Å². The molecule has 0 N–H and O–H groups in total. The van der Waals surface area contributed by atoms with Crippen molar-refractivity contribution in [2.45, 2.75) is 150 Å². The molecule has 11 heteroatoms. The number of aromatic nitrogens is 1. The lowest BCUT2D eigenvalue weighted by molar-refractivity contribution is -0.304. The van der Waals surface area contributed by atoms with Crippen LogP contribution in [0.3, 0.4) is 0 Å². The minimum absolute atomic E-state index is 0.0955.